The van der Waals surface area contributed by atoms with Gasteiger partial charge in [0.15, 0.2) is 0 Å². The van der Waals surface area contributed by atoms with E-state index in [-0.39, 0.29) is 19.0 Å². The highest BCUT2D eigenvalue weighted by molar-refractivity contribution is 7.92. The average molecular weight is 460 g/mol. The van der Waals surface area contributed by atoms with Crippen LogP contribution in [0.2, 0.25) is 0 Å². The lowest BCUT2D eigenvalue weighted by Crippen LogP contribution is -2.51. The summed E-state index contributed by atoms with van der Waals surface area (Å²) >= 11 is 0. The molecule has 0 unspecified atom stereocenters. The summed E-state index contributed by atoms with van der Waals surface area (Å²) in [5.41, 5.74) is 2.86. The first kappa shape index (κ1) is 25.4. The van der Waals surface area contributed by atoms with Gasteiger partial charge in [-0.1, -0.05) is 55.5 Å². The molecule has 2 aromatic carbocycles. The van der Waals surface area contributed by atoms with Crippen molar-refractivity contribution in [3.63, 3.8) is 0 Å². The Labute approximate surface area is 191 Å². The molecule has 1 atom stereocenters. The predicted octanol–water partition coefficient (Wildman–Crippen LogP) is 3.01. The highest BCUT2D eigenvalue weighted by Crippen LogP contribution is 2.27. The molecule has 1 N–H and O–H groups in total. The molecule has 2 rings (SSSR count). The van der Waals surface area contributed by atoms with E-state index < -0.39 is 22.0 Å². The number of para-hydroxylation sites is 1. The van der Waals surface area contributed by atoms with Crippen LogP contribution in [0.3, 0.4) is 0 Å². The summed E-state index contributed by atoms with van der Waals surface area (Å²) in [6.07, 6.45) is 1.87. The van der Waals surface area contributed by atoms with E-state index in [1.807, 2.05) is 69.3 Å². The zero-order valence-corrected chi connectivity index (χ0v) is 20.3. The Balaban J connectivity index is 2.40. The lowest BCUT2D eigenvalue weighted by atomic mass is 10.1. The van der Waals surface area contributed by atoms with Crippen LogP contribution in [-0.2, 0) is 26.2 Å². The fourth-order valence-corrected chi connectivity index (χ4v) is 4.50. The van der Waals surface area contributed by atoms with E-state index in [9.17, 15) is 18.0 Å². The van der Waals surface area contributed by atoms with Gasteiger partial charge in [0.05, 0.1) is 11.9 Å². The largest absolute Gasteiger partial charge is 0.354 e. The van der Waals surface area contributed by atoms with Crippen LogP contribution in [-0.4, -0.2) is 50.5 Å². The number of aryl methyl sites for hydroxylation is 2. The number of anilines is 1. The number of benzene rings is 2. The molecule has 0 aliphatic rings. The summed E-state index contributed by atoms with van der Waals surface area (Å²) in [5.74, 6) is -0.713. The van der Waals surface area contributed by atoms with Crippen LogP contribution in [0.4, 0.5) is 5.69 Å². The van der Waals surface area contributed by atoms with Crippen molar-refractivity contribution >= 4 is 27.5 Å². The molecule has 0 spiro atoms. The molecule has 7 nitrogen and oxygen atoms in total. The molecule has 8 heteroatoms. The quantitative estimate of drug-likeness (QED) is 0.592. The lowest BCUT2D eigenvalue weighted by molar-refractivity contribution is -0.139. The molecule has 2 amide bonds. The van der Waals surface area contributed by atoms with E-state index in [2.05, 4.69) is 5.32 Å². The van der Waals surface area contributed by atoms with E-state index in [1.54, 1.807) is 6.92 Å². The van der Waals surface area contributed by atoms with E-state index in [4.69, 9.17) is 0 Å². The van der Waals surface area contributed by atoms with Crippen LogP contribution >= 0.6 is 0 Å². The highest BCUT2D eigenvalue weighted by Gasteiger charge is 2.30. The molecular formula is C24H33N3O4S. The second-order valence-electron chi connectivity index (χ2n) is 7.98. The molecule has 0 aliphatic carbocycles. The van der Waals surface area contributed by atoms with Gasteiger partial charge in [0.1, 0.15) is 12.6 Å². The van der Waals surface area contributed by atoms with Crippen molar-refractivity contribution < 1.29 is 18.0 Å². The van der Waals surface area contributed by atoms with E-state index in [0.29, 0.717) is 12.2 Å². The molecule has 32 heavy (non-hydrogen) atoms. The maximum Gasteiger partial charge on any atom is 0.244 e. The summed E-state index contributed by atoms with van der Waals surface area (Å²) < 4.78 is 26.5. The van der Waals surface area contributed by atoms with Crippen LogP contribution in [0.1, 0.15) is 37.0 Å². The minimum Gasteiger partial charge on any atom is -0.354 e. The van der Waals surface area contributed by atoms with Crippen molar-refractivity contribution in [3.05, 3.63) is 65.2 Å². The molecule has 174 valence electrons. The molecule has 0 aromatic heterocycles. The zero-order chi connectivity index (χ0) is 23.9. The molecular weight excluding hydrogens is 426 g/mol. The van der Waals surface area contributed by atoms with Crippen molar-refractivity contribution in [2.24, 2.45) is 0 Å². The Morgan fingerprint density at radius 3 is 2.12 bits per heavy atom. The lowest BCUT2D eigenvalue weighted by Gasteiger charge is -2.32. The Morgan fingerprint density at radius 2 is 1.59 bits per heavy atom. The molecule has 2 aromatic rings. The number of amides is 2. The maximum absolute atomic E-state index is 13.5. The van der Waals surface area contributed by atoms with Crippen molar-refractivity contribution in [2.75, 3.05) is 23.7 Å². The van der Waals surface area contributed by atoms with E-state index in [1.165, 1.54) is 4.90 Å². The monoisotopic (exact) mass is 459 g/mol. The summed E-state index contributed by atoms with van der Waals surface area (Å²) in [6, 6.07) is 14.1. The second kappa shape index (κ2) is 11.1. The van der Waals surface area contributed by atoms with Gasteiger partial charge in [-0.2, -0.15) is 0 Å². The van der Waals surface area contributed by atoms with Crippen molar-refractivity contribution in [1.82, 2.24) is 10.2 Å². The predicted molar refractivity (Wildman–Crippen MR) is 128 cm³/mol. The van der Waals surface area contributed by atoms with Gasteiger partial charge < -0.3 is 10.2 Å². The van der Waals surface area contributed by atoms with Gasteiger partial charge in [0.2, 0.25) is 21.8 Å². The highest BCUT2D eigenvalue weighted by atomic mass is 32.2. The number of hydrogen-bond donors (Lipinski definition) is 1. The zero-order valence-electron chi connectivity index (χ0n) is 19.5. The van der Waals surface area contributed by atoms with Gasteiger partial charge in [-0.15, -0.1) is 0 Å². The van der Waals surface area contributed by atoms with Crippen molar-refractivity contribution in [2.45, 2.75) is 46.7 Å². The number of rotatable bonds is 10. The number of sulfonamides is 1. The number of nitrogens with zero attached hydrogens (tertiary/aromatic N) is 2. The van der Waals surface area contributed by atoms with Gasteiger partial charge >= 0.3 is 0 Å². The normalized spacial score (nSPS) is 12.2. The third-order valence-corrected chi connectivity index (χ3v) is 6.39. The minimum absolute atomic E-state index is 0.199. The van der Waals surface area contributed by atoms with Crippen molar-refractivity contribution in [1.29, 1.82) is 0 Å². The van der Waals surface area contributed by atoms with E-state index >= 15 is 0 Å². The van der Waals surface area contributed by atoms with Gasteiger partial charge in [-0.3, -0.25) is 13.9 Å². The van der Waals surface area contributed by atoms with Gasteiger partial charge in [0, 0.05) is 13.1 Å². The molecule has 0 fully saturated rings. The maximum atomic E-state index is 13.5. The van der Waals surface area contributed by atoms with Crippen LogP contribution < -0.4 is 9.62 Å². The first-order valence-electron chi connectivity index (χ1n) is 10.7. The summed E-state index contributed by atoms with van der Waals surface area (Å²) in [4.78, 5) is 27.6. The number of hydrogen-bond acceptors (Lipinski definition) is 4. The summed E-state index contributed by atoms with van der Waals surface area (Å²) in [5, 5.41) is 2.82. The number of carbonyl (C=O) groups excluding carboxylic acids is 2. The van der Waals surface area contributed by atoms with Crippen LogP contribution in [0, 0.1) is 13.8 Å². The summed E-state index contributed by atoms with van der Waals surface area (Å²) in [6.45, 7) is 7.56. The third kappa shape index (κ3) is 6.56. The average Bonchev–Trinajstić information content (AvgIpc) is 2.74. The first-order chi connectivity index (χ1) is 15.1. The fraction of sp³-hybridized carbons (Fsp3) is 0.417. The van der Waals surface area contributed by atoms with Gasteiger partial charge in [0.25, 0.3) is 0 Å². The molecule has 0 saturated carbocycles. The van der Waals surface area contributed by atoms with E-state index in [0.717, 1.165) is 33.7 Å². The summed E-state index contributed by atoms with van der Waals surface area (Å²) in [7, 11) is -3.74. The third-order valence-electron chi connectivity index (χ3n) is 5.28. The van der Waals surface area contributed by atoms with Gasteiger partial charge in [-0.25, -0.2) is 8.42 Å². The molecule has 0 heterocycles. The second-order valence-corrected chi connectivity index (χ2v) is 9.89. The molecule has 0 radical (unpaired) electrons. The van der Waals surface area contributed by atoms with Gasteiger partial charge in [-0.05, 0) is 43.9 Å². The fourth-order valence-electron chi connectivity index (χ4n) is 3.53. The topological polar surface area (TPSA) is 86.8 Å². The smallest absolute Gasteiger partial charge is 0.244 e. The Hall–Kier alpha value is -2.87. The Bertz CT molecular complexity index is 1020. The molecule has 0 bridgehead atoms. The molecule has 0 aliphatic heterocycles. The Morgan fingerprint density at radius 1 is 1.00 bits per heavy atom. The van der Waals surface area contributed by atoms with Crippen molar-refractivity contribution in [3.8, 4) is 0 Å². The minimum atomic E-state index is -3.74. The first-order valence-corrected chi connectivity index (χ1v) is 12.6. The SMILES string of the molecule is CCCNC(=O)[C@H](C)N(Cc1ccccc1)C(=O)CN(c1c(C)cccc1C)S(C)(=O)=O. The molecule has 0 saturated heterocycles. The van der Waals surface area contributed by atoms with Crippen LogP contribution in [0.5, 0.6) is 0 Å². The standard InChI is InChI=1S/C24H33N3O4S/c1-6-15-25-24(29)20(4)26(16-21-13-8-7-9-14-21)22(28)17-27(32(5,30)31)23-18(2)11-10-12-19(23)3/h7-14,20H,6,15-17H2,1-5H3,(H,25,29)/t20-/m0/s1. The van der Waals surface area contributed by atoms with Crippen LogP contribution in [0.15, 0.2) is 48.5 Å². The number of nitrogens with one attached hydrogen (secondary N) is 1. The Kier molecular flexibility index (Phi) is 8.83. The van der Waals surface area contributed by atoms with Crippen LogP contribution in [0.25, 0.3) is 0 Å². The number of carbonyl (C=O) groups is 2.